The minimum absolute atomic E-state index is 0.0545. The summed E-state index contributed by atoms with van der Waals surface area (Å²) in [5, 5.41) is 7.24. The van der Waals surface area contributed by atoms with Gasteiger partial charge in [-0.3, -0.25) is 9.48 Å². The number of carbonyl (C=O) groups excluding carboxylic acids is 1. The Kier molecular flexibility index (Phi) is 6.95. The first kappa shape index (κ1) is 22.7. The first-order valence-corrected chi connectivity index (χ1v) is 12.1. The number of rotatable bonds is 8. The predicted octanol–water partition coefficient (Wildman–Crippen LogP) is 4.26. The summed E-state index contributed by atoms with van der Waals surface area (Å²) in [5.41, 5.74) is 4.78. The van der Waals surface area contributed by atoms with Crippen molar-refractivity contribution < 1.29 is 13.2 Å². The molecule has 0 aliphatic rings. The Hall–Kier alpha value is -2.93. The number of aromatic nitrogens is 2. The van der Waals surface area contributed by atoms with Crippen LogP contribution in [0.4, 0.5) is 5.69 Å². The van der Waals surface area contributed by atoms with E-state index in [9.17, 15) is 13.2 Å². The zero-order valence-electron chi connectivity index (χ0n) is 18.4. The maximum absolute atomic E-state index is 12.6. The van der Waals surface area contributed by atoms with Crippen LogP contribution in [-0.2, 0) is 34.5 Å². The second kappa shape index (κ2) is 9.47. The second-order valence-corrected chi connectivity index (χ2v) is 10.4. The number of carbonyl (C=O) groups is 1. The molecule has 2 aromatic carbocycles. The van der Waals surface area contributed by atoms with E-state index < -0.39 is 9.84 Å². The fourth-order valence-electron chi connectivity index (χ4n) is 3.47. The molecular weight excluding hydrogens is 410 g/mol. The average Bonchev–Trinajstić information content (AvgIpc) is 3.15. The van der Waals surface area contributed by atoms with Crippen LogP contribution in [0.2, 0.25) is 0 Å². The van der Waals surface area contributed by atoms with Crippen molar-refractivity contribution in [2.45, 2.75) is 38.5 Å². The molecule has 3 aromatic rings. The smallest absolute Gasteiger partial charge is 0.228 e. The van der Waals surface area contributed by atoms with Gasteiger partial charge in [0.15, 0.2) is 9.84 Å². The van der Waals surface area contributed by atoms with E-state index in [2.05, 4.69) is 30.3 Å². The summed E-state index contributed by atoms with van der Waals surface area (Å²) in [6.07, 6.45) is 4.90. The molecule has 1 amide bonds. The lowest BCUT2D eigenvalue weighted by Gasteiger charge is -2.13. The number of benzene rings is 2. The topological polar surface area (TPSA) is 81.1 Å². The third kappa shape index (κ3) is 5.82. The molecule has 0 spiro atoms. The number of nitrogens with one attached hydrogen (secondary N) is 1. The van der Waals surface area contributed by atoms with Crippen molar-refractivity contribution in [3.63, 3.8) is 0 Å². The van der Waals surface area contributed by atoms with Crippen LogP contribution >= 0.6 is 0 Å². The molecule has 1 N–H and O–H groups in total. The molecule has 6 nitrogen and oxygen atoms in total. The number of anilines is 1. The molecular formula is C24H29N3O3S. The van der Waals surface area contributed by atoms with Crippen LogP contribution in [0.1, 0.15) is 31.9 Å². The monoisotopic (exact) mass is 439 g/mol. The quantitative estimate of drug-likeness (QED) is 0.569. The van der Waals surface area contributed by atoms with Gasteiger partial charge in [0.25, 0.3) is 0 Å². The van der Waals surface area contributed by atoms with Crippen molar-refractivity contribution in [1.82, 2.24) is 9.78 Å². The van der Waals surface area contributed by atoms with E-state index in [1.54, 1.807) is 35.9 Å². The van der Waals surface area contributed by atoms with Gasteiger partial charge in [-0.25, -0.2) is 8.42 Å². The molecule has 0 bridgehead atoms. The van der Waals surface area contributed by atoms with Gasteiger partial charge in [-0.15, -0.1) is 0 Å². The van der Waals surface area contributed by atoms with E-state index in [1.807, 2.05) is 31.6 Å². The van der Waals surface area contributed by atoms with Gasteiger partial charge in [-0.2, -0.15) is 5.10 Å². The van der Waals surface area contributed by atoms with Crippen LogP contribution in [0.5, 0.6) is 0 Å². The zero-order valence-corrected chi connectivity index (χ0v) is 19.2. The Bertz CT molecular complexity index is 1160. The molecule has 7 heteroatoms. The zero-order chi connectivity index (χ0) is 22.6. The van der Waals surface area contributed by atoms with Gasteiger partial charge >= 0.3 is 0 Å². The highest BCUT2D eigenvalue weighted by Crippen LogP contribution is 2.29. The number of aryl methyl sites for hydroxylation is 1. The molecule has 0 fully saturated rings. The van der Waals surface area contributed by atoms with E-state index >= 15 is 0 Å². The van der Waals surface area contributed by atoms with Crippen molar-refractivity contribution in [1.29, 1.82) is 0 Å². The summed E-state index contributed by atoms with van der Waals surface area (Å²) in [5.74, 6) is 0.411. The minimum Gasteiger partial charge on any atom is -0.326 e. The third-order valence-corrected chi connectivity index (χ3v) is 6.82. The van der Waals surface area contributed by atoms with Crippen LogP contribution < -0.4 is 5.32 Å². The highest BCUT2D eigenvalue weighted by atomic mass is 32.2. The number of amides is 1. The fourth-order valence-corrected chi connectivity index (χ4v) is 4.36. The Labute approximate surface area is 184 Å². The molecule has 1 heterocycles. The van der Waals surface area contributed by atoms with Gasteiger partial charge in [0.2, 0.25) is 5.91 Å². The molecule has 0 atom stereocenters. The van der Waals surface area contributed by atoms with Gasteiger partial charge in [-0.1, -0.05) is 39.0 Å². The van der Waals surface area contributed by atoms with Crippen LogP contribution in [0, 0.1) is 5.92 Å². The summed E-state index contributed by atoms with van der Waals surface area (Å²) < 4.78 is 25.6. The molecule has 0 saturated carbocycles. The van der Waals surface area contributed by atoms with Crippen LogP contribution in [0.15, 0.2) is 59.8 Å². The predicted molar refractivity (Wildman–Crippen MR) is 124 cm³/mol. The van der Waals surface area contributed by atoms with Crippen molar-refractivity contribution in [3.05, 3.63) is 66.0 Å². The summed E-state index contributed by atoms with van der Waals surface area (Å²) in [4.78, 5) is 12.9. The lowest BCUT2D eigenvalue weighted by molar-refractivity contribution is -0.115. The third-order valence-electron chi connectivity index (χ3n) is 5.06. The van der Waals surface area contributed by atoms with E-state index in [0.717, 1.165) is 28.8 Å². The minimum atomic E-state index is -3.24. The number of hydrogen-bond acceptors (Lipinski definition) is 4. The normalized spacial score (nSPS) is 11.6. The molecule has 164 valence electrons. The molecule has 0 aliphatic carbocycles. The van der Waals surface area contributed by atoms with Crippen molar-refractivity contribution in [2.75, 3.05) is 11.1 Å². The lowest BCUT2D eigenvalue weighted by atomic mass is 9.94. The molecule has 1 aromatic heterocycles. The Morgan fingerprint density at radius 1 is 1.13 bits per heavy atom. The highest BCUT2D eigenvalue weighted by molar-refractivity contribution is 7.91. The number of sulfone groups is 1. The van der Waals surface area contributed by atoms with Crippen molar-refractivity contribution in [3.8, 4) is 11.1 Å². The largest absolute Gasteiger partial charge is 0.326 e. The Morgan fingerprint density at radius 2 is 1.84 bits per heavy atom. The SMILES string of the molecule is CCS(=O)(=O)c1ccc(CC(=O)Nc2ccc(CC(C)C)c(-c3cnn(C)c3)c2)cc1. The molecule has 0 radical (unpaired) electrons. The summed E-state index contributed by atoms with van der Waals surface area (Å²) >= 11 is 0. The van der Waals surface area contributed by atoms with Crippen LogP contribution in [0.3, 0.4) is 0 Å². The van der Waals surface area contributed by atoms with Crippen LogP contribution in [-0.4, -0.2) is 29.9 Å². The number of nitrogens with zero attached hydrogens (tertiary/aromatic N) is 2. The van der Waals surface area contributed by atoms with Gasteiger partial charge in [0.05, 0.1) is 23.3 Å². The second-order valence-electron chi connectivity index (χ2n) is 8.14. The molecule has 3 rings (SSSR count). The Balaban J connectivity index is 1.76. The molecule has 0 unspecified atom stereocenters. The first-order valence-electron chi connectivity index (χ1n) is 10.4. The summed E-state index contributed by atoms with van der Waals surface area (Å²) in [6, 6.07) is 12.5. The molecule has 31 heavy (non-hydrogen) atoms. The van der Waals surface area contributed by atoms with Crippen LogP contribution in [0.25, 0.3) is 11.1 Å². The van der Waals surface area contributed by atoms with Gasteiger partial charge < -0.3 is 5.32 Å². The van der Waals surface area contributed by atoms with Crippen molar-refractivity contribution >= 4 is 21.4 Å². The van der Waals surface area contributed by atoms with Crippen molar-refractivity contribution in [2.24, 2.45) is 13.0 Å². The average molecular weight is 440 g/mol. The standard InChI is InChI=1S/C24H29N3O3S/c1-5-31(29,30)22-10-6-18(7-11-22)13-24(28)26-21-9-8-19(12-17(2)3)23(14-21)20-15-25-27(4)16-20/h6-11,14-17H,5,12-13H2,1-4H3,(H,26,28). The van der Waals surface area contributed by atoms with Gasteiger partial charge in [-0.05, 0) is 53.3 Å². The Morgan fingerprint density at radius 3 is 2.42 bits per heavy atom. The maximum Gasteiger partial charge on any atom is 0.228 e. The first-order chi connectivity index (χ1) is 14.7. The van der Waals surface area contributed by atoms with E-state index in [-0.39, 0.29) is 23.0 Å². The van der Waals surface area contributed by atoms with E-state index in [1.165, 1.54) is 5.56 Å². The molecule has 0 aliphatic heterocycles. The van der Waals surface area contributed by atoms with E-state index in [0.29, 0.717) is 5.92 Å². The van der Waals surface area contributed by atoms with E-state index in [4.69, 9.17) is 0 Å². The summed E-state index contributed by atoms with van der Waals surface area (Å²) in [6.45, 7) is 5.97. The molecule has 0 saturated heterocycles. The maximum atomic E-state index is 12.6. The highest BCUT2D eigenvalue weighted by Gasteiger charge is 2.13. The summed E-state index contributed by atoms with van der Waals surface area (Å²) in [7, 11) is -1.36. The van der Waals surface area contributed by atoms with Gasteiger partial charge in [0.1, 0.15) is 0 Å². The lowest BCUT2D eigenvalue weighted by Crippen LogP contribution is -2.14. The fraction of sp³-hybridized carbons (Fsp3) is 0.333. The van der Waals surface area contributed by atoms with Gasteiger partial charge in [0, 0.05) is 24.5 Å². The number of hydrogen-bond donors (Lipinski definition) is 1.